The van der Waals surface area contributed by atoms with E-state index < -0.39 is 13.0 Å². The number of anilines is 1. The second-order valence-electron chi connectivity index (χ2n) is 3.74. The fraction of sp³-hybridized carbons (Fsp3) is 0.385. The molecule has 1 amide bonds. The van der Waals surface area contributed by atoms with Crippen LogP contribution in [0, 0.1) is 11.3 Å². The lowest BCUT2D eigenvalue weighted by molar-refractivity contribution is -0.117. The van der Waals surface area contributed by atoms with E-state index in [-0.39, 0.29) is 25.5 Å². The van der Waals surface area contributed by atoms with E-state index in [1.54, 1.807) is 24.3 Å². The zero-order chi connectivity index (χ0) is 14.8. The SMILES string of the molecule is N#CCOc1cccc(NC(=O)CCOCC(F)F)c1. The monoisotopic (exact) mass is 284 g/mol. The van der Waals surface area contributed by atoms with Crippen LogP contribution >= 0.6 is 0 Å². The maximum absolute atomic E-state index is 11.8. The first kappa shape index (κ1) is 15.9. The van der Waals surface area contributed by atoms with Crippen LogP contribution in [0.4, 0.5) is 14.5 Å². The van der Waals surface area contributed by atoms with Crippen LogP contribution < -0.4 is 10.1 Å². The molecule has 20 heavy (non-hydrogen) atoms. The summed E-state index contributed by atoms with van der Waals surface area (Å²) in [6.45, 7) is -0.829. The third kappa shape index (κ3) is 6.66. The summed E-state index contributed by atoms with van der Waals surface area (Å²) in [5.41, 5.74) is 0.499. The van der Waals surface area contributed by atoms with E-state index in [0.717, 1.165) is 0 Å². The lowest BCUT2D eigenvalue weighted by Gasteiger charge is -2.08. The van der Waals surface area contributed by atoms with Gasteiger partial charge in [0.05, 0.1) is 13.0 Å². The molecule has 0 bridgehead atoms. The van der Waals surface area contributed by atoms with E-state index in [0.29, 0.717) is 11.4 Å². The third-order valence-corrected chi connectivity index (χ3v) is 2.14. The van der Waals surface area contributed by atoms with Crippen molar-refractivity contribution in [1.29, 1.82) is 5.26 Å². The fourth-order valence-electron chi connectivity index (χ4n) is 1.34. The van der Waals surface area contributed by atoms with Crippen molar-refractivity contribution >= 4 is 11.6 Å². The first-order valence-corrected chi connectivity index (χ1v) is 5.87. The molecule has 0 spiro atoms. The molecule has 0 unspecified atom stereocenters. The van der Waals surface area contributed by atoms with Gasteiger partial charge in [0, 0.05) is 11.8 Å². The van der Waals surface area contributed by atoms with Crippen LogP contribution in [0.1, 0.15) is 6.42 Å². The van der Waals surface area contributed by atoms with Crippen molar-refractivity contribution in [2.45, 2.75) is 12.8 Å². The van der Waals surface area contributed by atoms with Gasteiger partial charge in [-0.3, -0.25) is 4.79 Å². The molecule has 0 fully saturated rings. The van der Waals surface area contributed by atoms with E-state index in [1.807, 2.05) is 6.07 Å². The van der Waals surface area contributed by atoms with Gasteiger partial charge in [-0.2, -0.15) is 5.26 Å². The standard InChI is InChI=1S/C13H14F2N2O3/c14-12(15)9-19-6-4-13(18)17-10-2-1-3-11(8-10)20-7-5-16/h1-3,8,12H,4,6-7,9H2,(H,17,18). The molecule has 1 N–H and O–H groups in total. The second-order valence-corrected chi connectivity index (χ2v) is 3.74. The van der Waals surface area contributed by atoms with E-state index in [1.165, 1.54) is 0 Å². The average molecular weight is 284 g/mol. The van der Waals surface area contributed by atoms with E-state index >= 15 is 0 Å². The Morgan fingerprint density at radius 2 is 2.25 bits per heavy atom. The van der Waals surface area contributed by atoms with E-state index in [4.69, 9.17) is 10.00 Å². The zero-order valence-electron chi connectivity index (χ0n) is 10.6. The van der Waals surface area contributed by atoms with Crippen LogP contribution in [0.25, 0.3) is 0 Å². The predicted octanol–water partition coefficient (Wildman–Crippen LogP) is 2.20. The molecule has 1 aromatic rings. The van der Waals surface area contributed by atoms with Gasteiger partial charge in [-0.15, -0.1) is 0 Å². The Labute approximate surface area is 115 Å². The molecule has 0 radical (unpaired) electrons. The van der Waals surface area contributed by atoms with Crippen molar-refractivity contribution in [2.24, 2.45) is 0 Å². The molecule has 108 valence electrons. The molecule has 1 rings (SSSR count). The van der Waals surface area contributed by atoms with E-state index in [9.17, 15) is 13.6 Å². The summed E-state index contributed by atoms with van der Waals surface area (Å²) in [5, 5.41) is 11.0. The molecule has 0 aromatic heterocycles. The summed E-state index contributed by atoms with van der Waals surface area (Å²) in [4.78, 5) is 11.5. The highest BCUT2D eigenvalue weighted by molar-refractivity contribution is 5.90. The molecule has 0 aliphatic heterocycles. The summed E-state index contributed by atoms with van der Waals surface area (Å²) in [6.07, 6.45) is -2.55. The highest BCUT2D eigenvalue weighted by atomic mass is 19.3. The van der Waals surface area contributed by atoms with Gasteiger partial charge in [-0.25, -0.2) is 8.78 Å². The predicted molar refractivity (Wildman–Crippen MR) is 67.6 cm³/mol. The van der Waals surface area contributed by atoms with Gasteiger partial charge in [0.2, 0.25) is 5.91 Å². The molecular weight excluding hydrogens is 270 g/mol. The maximum Gasteiger partial charge on any atom is 0.261 e. The Morgan fingerprint density at radius 3 is 2.95 bits per heavy atom. The minimum Gasteiger partial charge on any atom is -0.479 e. The van der Waals surface area contributed by atoms with Crippen molar-refractivity contribution in [3.8, 4) is 11.8 Å². The lowest BCUT2D eigenvalue weighted by atomic mass is 10.3. The Bertz CT molecular complexity index is 475. The van der Waals surface area contributed by atoms with Gasteiger partial charge < -0.3 is 14.8 Å². The van der Waals surface area contributed by atoms with Crippen molar-refractivity contribution in [1.82, 2.24) is 0 Å². The number of hydrogen-bond donors (Lipinski definition) is 1. The quantitative estimate of drug-likeness (QED) is 0.743. The second kappa shape index (κ2) is 8.82. The highest BCUT2D eigenvalue weighted by Gasteiger charge is 2.06. The fourth-order valence-corrected chi connectivity index (χ4v) is 1.34. The van der Waals surface area contributed by atoms with Gasteiger partial charge in [-0.05, 0) is 12.1 Å². The van der Waals surface area contributed by atoms with Crippen LogP contribution in [-0.2, 0) is 9.53 Å². The maximum atomic E-state index is 11.8. The van der Waals surface area contributed by atoms with E-state index in [2.05, 4.69) is 10.1 Å². The molecule has 0 aliphatic carbocycles. The van der Waals surface area contributed by atoms with Crippen LogP contribution in [0.3, 0.4) is 0 Å². The molecule has 0 saturated heterocycles. The molecule has 0 heterocycles. The molecule has 0 atom stereocenters. The first-order valence-electron chi connectivity index (χ1n) is 5.87. The molecule has 0 aliphatic rings. The van der Waals surface area contributed by atoms with Crippen LogP contribution in [-0.4, -0.2) is 32.2 Å². The number of ether oxygens (including phenoxy) is 2. The Kier molecular flexibility index (Phi) is 7.00. The molecule has 1 aromatic carbocycles. The Hall–Kier alpha value is -2.20. The minimum absolute atomic E-state index is 0.0179. The molecule has 7 heteroatoms. The number of nitrogens with one attached hydrogen (secondary N) is 1. The summed E-state index contributed by atoms with van der Waals surface area (Å²) in [7, 11) is 0. The summed E-state index contributed by atoms with van der Waals surface area (Å²) >= 11 is 0. The zero-order valence-corrected chi connectivity index (χ0v) is 10.6. The Morgan fingerprint density at radius 1 is 1.45 bits per heavy atom. The molecular formula is C13H14F2N2O3. The number of carbonyl (C=O) groups is 1. The van der Waals surface area contributed by atoms with Crippen LogP contribution in [0.2, 0.25) is 0 Å². The van der Waals surface area contributed by atoms with Crippen LogP contribution in [0.15, 0.2) is 24.3 Å². The minimum atomic E-state index is -2.54. The number of hydrogen-bond acceptors (Lipinski definition) is 4. The van der Waals surface area contributed by atoms with Gasteiger partial charge >= 0.3 is 0 Å². The van der Waals surface area contributed by atoms with Crippen LogP contribution in [0.5, 0.6) is 5.75 Å². The van der Waals surface area contributed by atoms with Gasteiger partial charge in [0.15, 0.2) is 6.61 Å². The van der Waals surface area contributed by atoms with Crippen molar-refractivity contribution in [2.75, 3.05) is 25.1 Å². The summed E-state index contributed by atoms with van der Waals surface area (Å²) < 4.78 is 33.3. The first-order chi connectivity index (χ1) is 9.61. The highest BCUT2D eigenvalue weighted by Crippen LogP contribution is 2.17. The number of nitrogens with zero attached hydrogens (tertiary/aromatic N) is 1. The van der Waals surface area contributed by atoms with Crippen molar-refractivity contribution in [3.63, 3.8) is 0 Å². The largest absolute Gasteiger partial charge is 0.479 e. The summed E-state index contributed by atoms with van der Waals surface area (Å²) in [5.74, 6) is 0.106. The number of nitriles is 1. The number of amides is 1. The third-order valence-electron chi connectivity index (χ3n) is 2.14. The number of alkyl halides is 2. The number of rotatable bonds is 8. The molecule has 0 saturated carbocycles. The summed E-state index contributed by atoms with van der Waals surface area (Å²) in [6, 6.07) is 8.36. The van der Waals surface area contributed by atoms with Gasteiger partial charge in [-0.1, -0.05) is 6.07 Å². The van der Waals surface area contributed by atoms with Crippen molar-refractivity contribution < 1.29 is 23.0 Å². The number of halogens is 2. The number of carbonyl (C=O) groups excluding carboxylic acids is 1. The normalized spacial score (nSPS) is 10.1. The molecule has 5 nitrogen and oxygen atoms in total. The topological polar surface area (TPSA) is 71.3 Å². The Balaban J connectivity index is 2.36. The lowest BCUT2D eigenvalue weighted by Crippen LogP contribution is -2.15. The van der Waals surface area contributed by atoms with Gasteiger partial charge in [0.25, 0.3) is 6.43 Å². The van der Waals surface area contributed by atoms with Crippen molar-refractivity contribution in [3.05, 3.63) is 24.3 Å². The van der Waals surface area contributed by atoms with Gasteiger partial charge in [0.1, 0.15) is 18.4 Å². The smallest absolute Gasteiger partial charge is 0.261 e. The number of benzene rings is 1. The average Bonchev–Trinajstić information content (AvgIpc) is 2.41.